The number of Topliss-reactive ketones (excluding diaryl/α,β-unsaturated/α-hetero) is 1. The van der Waals surface area contributed by atoms with Gasteiger partial charge < -0.3 is 23.7 Å². The molecule has 0 aliphatic rings. The zero-order chi connectivity index (χ0) is 19.8. The van der Waals surface area contributed by atoms with E-state index in [9.17, 15) is 4.79 Å². The standard InChI is InChI=1S/C21H26O6/c1-23-17(15-7-10-19(25-3)21(13-15)27-5)11-8-16(22)14-6-9-18(24-2)20(12-14)26-4/h6-7,9-10,12-13,17H,8,11H2,1-5H3. The molecule has 0 heterocycles. The number of benzene rings is 2. The lowest BCUT2D eigenvalue weighted by Crippen LogP contribution is -2.07. The predicted octanol–water partition coefficient (Wildman–Crippen LogP) is 4.07. The van der Waals surface area contributed by atoms with Gasteiger partial charge in [-0.3, -0.25) is 4.79 Å². The van der Waals surface area contributed by atoms with Crippen molar-refractivity contribution in [1.29, 1.82) is 0 Å². The Morgan fingerprint density at radius 3 is 1.89 bits per heavy atom. The second kappa shape index (κ2) is 9.83. The molecule has 6 nitrogen and oxygen atoms in total. The van der Waals surface area contributed by atoms with Gasteiger partial charge in [0.25, 0.3) is 0 Å². The van der Waals surface area contributed by atoms with Crippen molar-refractivity contribution in [2.75, 3.05) is 35.5 Å². The van der Waals surface area contributed by atoms with Gasteiger partial charge in [-0.15, -0.1) is 0 Å². The summed E-state index contributed by atoms with van der Waals surface area (Å²) >= 11 is 0. The van der Waals surface area contributed by atoms with Crippen LogP contribution in [0.3, 0.4) is 0 Å². The predicted molar refractivity (Wildman–Crippen MR) is 102 cm³/mol. The molecule has 0 bridgehead atoms. The molecule has 0 saturated heterocycles. The van der Waals surface area contributed by atoms with E-state index in [0.29, 0.717) is 41.4 Å². The van der Waals surface area contributed by atoms with E-state index in [2.05, 4.69) is 0 Å². The number of carbonyl (C=O) groups excluding carboxylic acids is 1. The first kappa shape index (κ1) is 20.6. The van der Waals surface area contributed by atoms with Crippen molar-refractivity contribution in [2.24, 2.45) is 0 Å². The number of methoxy groups -OCH3 is 5. The summed E-state index contributed by atoms with van der Waals surface area (Å²) < 4.78 is 26.7. The molecule has 0 N–H and O–H groups in total. The Balaban J connectivity index is 2.10. The van der Waals surface area contributed by atoms with E-state index >= 15 is 0 Å². The van der Waals surface area contributed by atoms with Crippen LogP contribution >= 0.6 is 0 Å². The van der Waals surface area contributed by atoms with Gasteiger partial charge in [0.05, 0.1) is 34.5 Å². The SMILES string of the molecule is COc1ccc(C(=O)CCC(OC)c2ccc(OC)c(OC)c2)cc1OC. The van der Waals surface area contributed by atoms with E-state index in [0.717, 1.165) is 5.56 Å². The molecule has 0 aliphatic carbocycles. The van der Waals surface area contributed by atoms with Gasteiger partial charge in [-0.2, -0.15) is 0 Å². The van der Waals surface area contributed by atoms with Crippen LogP contribution in [0.2, 0.25) is 0 Å². The lowest BCUT2D eigenvalue weighted by Gasteiger charge is -2.17. The van der Waals surface area contributed by atoms with Gasteiger partial charge in [-0.1, -0.05) is 6.07 Å². The third-order valence-electron chi connectivity index (χ3n) is 4.40. The first-order valence-electron chi connectivity index (χ1n) is 8.57. The molecule has 2 rings (SSSR count). The maximum Gasteiger partial charge on any atom is 0.163 e. The van der Waals surface area contributed by atoms with Crippen LogP contribution in [0.1, 0.15) is 34.9 Å². The number of ketones is 1. The fourth-order valence-corrected chi connectivity index (χ4v) is 2.89. The highest BCUT2D eigenvalue weighted by molar-refractivity contribution is 5.96. The molecular weight excluding hydrogens is 348 g/mol. The van der Waals surface area contributed by atoms with E-state index in [4.69, 9.17) is 23.7 Å². The van der Waals surface area contributed by atoms with E-state index in [-0.39, 0.29) is 11.9 Å². The molecule has 6 heteroatoms. The number of rotatable bonds is 10. The Bertz CT molecular complexity index is 771. The van der Waals surface area contributed by atoms with Crippen molar-refractivity contribution in [3.05, 3.63) is 47.5 Å². The molecule has 1 atom stereocenters. The minimum Gasteiger partial charge on any atom is -0.493 e. The number of hydrogen-bond acceptors (Lipinski definition) is 6. The zero-order valence-electron chi connectivity index (χ0n) is 16.4. The Labute approximate surface area is 160 Å². The first-order chi connectivity index (χ1) is 13.1. The summed E-state index contributed by atoms with van der Waals surface area (Å²) in [5, 5.41) is 0. The van der Waals surface area contributed by atoms with Crippen molar-refractivity contribution in [2.45, 2.75) is 18.9 Å². The Hall–Kier alpha value is -2.73. The van der Waals surface area contributed by atoms with Gasteiger partial charge in [-0.05, 0) is 42.3 Å². The minimum atomic E-state index is -0.228. The zero-order valence-corrected chi connectivity index (χ0v) is 16.4. The molecule has 2 aromatic rings. The van der Waals surface area contributed by atoms with Crippen LogP contribution in [0.25, 0.3) is 0 Å². The van der Waals surface area contributed by atoms with Crippen molar-refractivity contribution in [1.82, 2.24) is 0 Å². The number of hydrogen-bond donors (Lipinski definition) is 0. The van der Waals surface area contributed by atoms with Crippen molar-refractivity contribution < 1.29 is 28.5 Å². The first-order valence-corrected chi connectivity index (χ1v) is 8.57. The molecule has 2 aromatic carbocycles. The Morgan fingerprint density at radius 1 is 0.778 bits per heavy atom. The molecule has 0 aromatic heterocycles. The maximum atomic E-state index is 12.6. The molecule has 0 aliphatic heterocycles. The molecule has 1 unspecified atom stereocenters. The van der Waals surface area contributed by atoms with Crippen LogP contribution in [0.4, 0.5) is 0 Å². The molecule has 0 fully saturated rings. The quantitative estimate of drug-likeness (QED) is 0.584. The normalized spacial score (nSPS) is 11.6. The number of carbonyl (C=O) groups is 1. The van der Waals surface area contributed by atoms with Crippen molar-refractivity contribution >= 4 is 5.78 Å². The fourth-order valence-electron chi connectivity index (χ4n) is 2.89. The molecule has 146 valence electrons. The van der Waals surface area contributed by atoms with Crippen LogP contribution in [0, 0.1) is 0 Å². The smallest absolute Gasteiger partial charge is 0.163 e. The highest BCUT2D eigenvalue weighted by Crippen LogP contribution is 2.33. The average molecular weight is 374 g/mol. The molecular formula is C21H26O6. The van der Waals surface area contributed by atoms with E-state index in [1.807, 2.05) is 18.2 Å². The molecule has 27 heavy (non-hydrogen) atoms. The Kier molecular flexibility index (Phi) is 7.49. The molecule has 0 saturated carbocycles. The lowest BCUT2D eigenvalue weighted by atomic mass is 9.99. The van der Waals surface area contributed by atoms with Crippen LogP contribution in [-0.2, 0) is 4.74 Å². The molecule has 0 amide bonds. The second-order valence-electron chi connectivity index (χ2n) is 5.87. The van der Waals surface area contributed by atoms with Crippen LogP contribution in [0.15, 0.2) is 36.4 Å². The van der Waals surface area contributed by atoms with Gasteiger partial charge in [-0.25, -0.2) is 0 Å². The van der Waals surface area contributed by atoms with Gasteiger partial charge in [0.2, 0.25) is 0 Å². The van der Waals surface area contributed by atoms with Crippen LogP contribution in [0.5, 0.6) is 23.0 Å². The summed E-state index contributed by atoms with van der Waals surface area (Å²) in [7, 11) is 7.91. The van der Waals surface area contributed by atoms with E-state index < -0.39 is 0 Å². The summed E-state index contributed by atoms with van der Waals surface area (Å²) in [4.78, 5) is 12.6. The maximum absolute atomic E-state index is 12.6. The average Bonchev–Trinajstić information content (AvgIpc) is 2.73. The van der Waals surface area contributed by atoms with Crippen LogP contribution in [-0.4, -0.2) is 41.3 Å². The third kappa shape index (κ3) is 4.92. The van der Waals surface area contributed by atoms with Gasteiger partial charge >= 0.3 is 0 Å². The summed E-state index contributed by atoms with van der Waals surface area (Å²) in [6.07, 6.45) is 0.649. The minimum absolute atomic E-state index is 0.0125. The fraction of sp³-hybridized carbons (Fsp3) is 0.381. The summed E-state index contributed by atoms with van der Waals surface area (Å²) in [6.45, 7) is 0. The lowest BCUT2D eigenvalue weighted by molar-refractivity contribution is 0.0814. The van der Waals surface area contributed by atoms with Crippen LogP contribution < -0.4 is 18.9 Å². The summed E-state index contributed by atoms with van der Waals surface area (Å²) in [5.41, 5.74) is 1.50. The van der Waals surface area contributed by atoms with Gasteiger partial charge in [0.1, 0.15) is 0 Å². The topological polar surface area (TPSA) is 63.2 Å². The van der Waals surface area contributed by atoms with Crippen molar-refractivity contribution in [3.8, 4) is 23.0 Å². The second-order valence-corrected chi connectivity index (χ2v) is 5.87. The monoisotopic (exact) mass is 374 g/mol. The highest BCUT2D eigenvalue weighted by atomic mass is 16.5. The third-order valence-corrected chi connectivity index (χ3v) is 4.40. The van der Waals surface area contributed by atoms with E-state index in [1.54, 1.807) is 53.7 Å². The van der Waals surface area contributed by atoms with Gasteiger partial charge in [0.15, 0.2) is 28.8 Å². The highest BCUT2D eigenvalue weighted by Gasteiger charge is 2.17. The molecule has 0 radical (unpaired) electrons. The largest absolute Gasteiger partial charge is 0.493 e. The number of ether oxygens (including phenoxy) is 5. The van der Waals surface area contributed by atoms with Crippen molar-refractivity contribution in [3.63, 3.8) is 0 Å². The Morgan fingerprint density at radius 2 is 1.33 bits per heavy atom. The van der Waals surface area contributed by atoms with Gasteiger partial charge in [0, 0.05) is 19.1 Å². The summed E-state index contributed by atoms with van der Waals surface area (Å²) in [5.74, 6) is 2.42. The molecule has 0 spiro atoms. The van der Waals surface area contributed by atoms with E-state index in [1.165, 1.54) is 0 Å². The summed E-state index contributed by atoms with van der Waals surface area (Å²) in [6, 6.07) is 10.8.